The minimum absolute atomic E-state index is 0.0811. The van der Waals surface area contributed by atoms with Crippen LogP contribution >= 0.6 is 0 Å². The van der Waals surface area contributed by atoms with Crippen LogP contribution in [0.3, 0.4) is 0 Å². The summed E-state index contributed by atoms with van der Waals surface area (Å²) in [5.74, 6) is -1.02. The maximum Gasteiger partial charge on any atom is 0.522 e. The Kier molecular flexibility index (Phi) is 6.80. The van der Waals surface area contributed by atoms with Crippen LogP contribution in [0.15, 0.2) is 35.8 Å². The second-order valence-electron chi connectivity index (χ2n) is 7.40. The van der Waals surface area contributed by atoms with E-state index in [9.17, 15) is 19.7 Å². The first-order valence-corrected chi connectivity index (χ1v) is 9.78. The molecule has 8 nitrogen and oxygen atoms in total. The molecule has 28 heavy (non-hydrogen) atoms. The van der Waals surface area contributed by atoms with Crippen LogP contribution in [0.4, 0.5) is 0 Å². The molecule has 0 spiro atoms. The molecule has 0 aromatic rings. The maximum atomic E-state index is 12.2. The Bertz CT molecular complexity index is 680. The molecule has 3 N–H and O–H groups in total. The molecule has 1 unspecified atom stereocenters. The fourth-order valence-corrected chi connectivity index (χ4v) is 3.65. The van der Waals surface area contributed by atoms with E-state index in [0.717, 1.165) is 25.6 Å². The van der Waals surface area contributed by atoms with Crippen LogP contribution in [0, 0.1) is 0 Å². The highest BCUT2D eigenvalue weighted by Gasteiger charge is 2.33. The van der Waals surface area contributed by atoms with Crippen LogP contribution in [-0.4, -0.2) is 65.8 Å². The third-order valence-electron chi connectivity index (χ3n) is 5.38. The van der Waals surface area contributed by atoms with Crippen LogP contribution < -0.4 is 5.32 Å². The first kappa shape index (κ1) is 20.5. The van der Waals surface area contributed by atoms with Gasteiger partial charge in [0.25, 0.3) is 0 Å². The number of nitrogens with one attached hydrogen (secondary N) is 1. The van der Waals surface area contributed by atoms with Crippen molar-refractivity contribution in [2.24, 2.45) is 0 Å². The fraction of sp³-hybridized carbons (Fsp3) is 0.579. The van der Waals surface area contributed by atoms with Crippen molar-refractivity contribution in [1.29, 1.82) is 0 Å². The van der Waals surface area contributed by atoms with Gasteiger partial charge in [-0.2, -0.15) is 0 Å². The minimum Gasteiger partial charge on any atom is -0.535 e. The SMILES string of the molecule is C=CC1=C(/C(=C/OC2CN(C(=O)CCC3CCCN3)C2)C(=O)O)OB(O)CC1. The molecule has 1 atom stereocenters. The lowest BCUT2D eigenvalue weighted by molar-refractivity contribution is -0.142. The lowest BCUT2D eigenvalue weighted by Gasteiger charge is -2.38. The van der Waals surface area contributed by atoms with Crippen molar-refractivity contribution in [2.75, 3.05) is 19.6 Å². The summed E-state index contributed by atoms with van der Waals surface area (Å²) in [7, 11) is -1.05. The number of carboxylic acid groups (broad SMARTS) is 1. The Morgan fingerprint density at radius 2 is 2.21 bits per heavy atom. The van der Waals surface area contributed by atoms with E-state index in [1.807, 2.05) is 0 Å². The van der Waals surface area contributed by atoms with Crippen molar-refractivity contribution in [1.82, 2.24) is 10.2 Å². The molecule has 2 fully saturated rings. The topological polar surface area (TPSA) is 108 Å². The van der Waals surface area contributed by atoms with Crippen LogP contribution in [0.1, 0.15) is 32.1 Å². The Morgan fingerprint density at radius 3 is 2.86 bits per heavy atom. The summed E-state index contributed by atoms with van der Waals surface area (Å²) in [5.41, 5.74) is 0.458. The first-order valence-electron chi connectivity index (χ1n) is 9.78. The zero-order valence-electron chi connectivity index (χ0n) is 15.9. The van der Waals surface area contributed by atoms with Gasteiger partial charge in [0.15, 0.2) is 0 Å². The lowest BCUT2D eigenvalue weighted by atomic mass is 9.78. The molecule has 9 heteroatoms. The molecule has 0 radical (unpaired) electrons. The number of hydrogen-bond donors (Lipinski definition) is 3. The van der Waals surface area contributed by atoms with Crippen molar-refractivity contribution < 1.29 is 29.1 Å². The highest BCUT2D eigenvalue weighted by atomic mass is 16.5. The minimum atomic E-state index is -1.21. The molecular formula is C19H27BN2O6. The number of rotatable bonds is 8. The zero-order valence-corrected chi connectivity index (χ0v) is 15.9. The normalized spacial score (nSPS) is 23.3. The first-order chi connectivity index (χ1) is 13.5. The van der Waals surface area contributed by atoms with Gasteiger partial charge in [-0.15, -0.1) is 0 Å². The summed E-state index contributed by atoms with van der Waals surface area (Å²) < 4.78 is 10.9. The van der Waals surface area contributed by atoms with E-state index >= 15 is 0 Å². The van der Waals surface area contributed by atoms with Gasteiger partial charge in [-0.05, 0) is 44.1 Å². The number of ether oxygens (including phenoxy) is 1. The van der Waals surface area contributed by atoms with Gasteiger partial charge >= 0.3 is 13.1 Å². The summed E-state index contributed by atoms with van der Waals surface area (Å²) in [6, 6.07) is 0.441. The van der Waals surface area contributed by atoms with Crippen molar-refractivity contribution >= 4 is 19.0 Å². The number of nitrogens with zero attached hydrogens (tertiary/aromatic N) is 1. The number of carbonyl (C=O) groups is 2. The summed E-state index contributed by atoms with van der Waals surface area (Å²) in [5, 5.41) is 22.6. The standard InChI is InChI=1S/C19H27BN2O6/c1-2-13-7-8-20(26)28-18(13)16(19(24)25)12-27-15-10-22(11-15)17(23)6-5-14-4-3-9-21-14/h2,12,14-15,21,26H,1,3-11H2,(H,24,25)/b16-12-. The summed E-state index contributed by atoms with van der Waals surface area (Å²) in [6.45, 7) is 5.58. The number of carbonyl (C=O) groups excluding carboxylic acids is 1. The molecule has 3 aliphatic rings. The lowest BCUT2D eigenvalue weighted by Crippen LogP contribution is -2.54. The van der Waals surface area contributed by atoms with Gasteiger partial charge < -0.3 is 29.7 Å². The predicted molar refractivity (Wildman–Crippen MR) is 103 cm³/mol. The molecule has 0 aromatic carbocycles. The zero-order chi connectivity index (χ0) is 20.1. The van der Waals surface area contributed by atoms with Gasteiger partial charge in [0, 0.05) is 12.5 Å². The Hall–Kier alpha value is -2.26. The Morgan fingerprint density at radius 1 is 1.43 bits per heavy atom. The number of amides is 1. The number of likely N-dealkylation sites (tertiary alicyclic amines) is 1. The van der Waals surface area contributed by atoms with Gasteiger partial charge in [-0.1, -0.05) is 12.7 Å². The smallest absolute Gasteiger partial charge is 0.522 e. The quantitative estimate of drug-likeness (QED) is 0.323. The molecular weight excluding hydrogens is 363 g/mol. The van der Waals surface area contributed by atoms with E-state index in [4.69, 9.17) is 9.39 Å². The largest absolute Gasteiger partial charge is 0.535 e. The van der Waals surface area contributed by atoms with E-state index in [1.54, 1.807) is 4.90 Å². The predicted octanol–water partition coefficient (Wildman–Crippen LogP) is 1.06. The number of carboxylic acids is 1. The monoisotopic (exact) mass is 390 g/mol. The van der Waals surface area contributed by atoms with Crippen LogP contribution in [-0.2, 0) is 19.0 Å². The molecule has 3 heterocycles. The molecule has 0 aliphatic carbocycles. The highest BCUT2D eigenvalue weighted by molar-refractivity contribution is 6.43. The summed E-state index contributed by atoms with van der Waals surface area (Å²) in [4.78, 5) is 25.6. The molecule has 3 rings (SSSR count). The van der Waals surface area contributed by atoms with Crippen LogP contribution in [0.2, 0.25) is 6.32 Å². The van der Waals surface area contributed by atoms with Crippen LogP contribution in [0.25, 0.3) is 0 Å². The van der Waals surface area contributed by atoms with Crippen molar-refractivity contribution in [2.45, 2.75) is 50.6 Å². The third-order valence-corrected chi connectivity index (χ3v) is 5.38. The third kappa shape index (κ3) is 4.96. The van der Waals surface area contributed by atoms with Crippen molar-refractivity contribution in [3.8, 4) is 0 Å². The van der Waals surface area contributed by atoms with Gasteiger partial charge in [0.1, 0.15) is 23.7 Å². The number of hydrogen-bond acceptors (Lipinski definition) is 6. The average molecular weight is 390 g/mol. The van der Waals surface area contributed by atoms with Gasteiger partial charge in [0.05, 0.1) is 13.1 Å². The van der Waals surface area contributed by atoms with E-state index in [2.05, 4.69) is 11.9 Å². The van der Waals surface area contributed by atoms with E-state index in [1.165, 1.54) is 12.5 Å². The molecule has 0 bridgehead atoms. The van der Waals surface area contributed by atoms with Gasteiger partial charge in [-0.3, -0.25) is 4.79 Å². The molecule has 152 valence electrons. The molecule has 0 aromatic heterocycles. The molecule has 3 aliphatic heterocycles. The second kappa shape index (κ2) is 9.29. The molecule has 0 saturated carbocycles. The summed E-state index contributed by atoms with van der Waals surface area (Å²) >= 11 is 0. The van der Waals surface area contributed by atoms with Crippen molar-refractivity contribution in [3.05, 3.63) is 35.8 Å². The Labute approximate surface area is 165 Å². The molecule has 2 saturated heterocycles. The van der Waals surface area contributed by atoms with Gasteiger partial charge in [-0.25, -0.2) is 4.79 Å². The average Bonchev–Trinajstić information content (AvgIpc) is 3.15. The highest BCUT2D eigenvalue weighted by Crippen LogP contribution is 2.28. The number of allylic oxidation sites excluding steroid dienone is 2. The van der Waals surface area contributed by atoms with E-state index < -0.39 is 13.1 Å². The molecule has 1 amide bonds. The van der Waals surface area contributed by atoms with Crippen LogP contribution in [0.5, 0.6) is 0 Å². The maximum absolute atomic E-state index is 12.2. The van der Waals surface area contributed by atoms with Gasteiger partial charge in [0.2, 0.25) is 5.91 Å². The second-order valence-corrected chi connectivity index (χ2v) is 7.40. The number of aliphatic carboxylic acids is 1. The van der Waals surface area contributed by atoms with E-state index in [-0.39, 0.29) is 23.3 Å². The van der Waals surface area contributed by atoms with E-state index in [0.29, 0.717) is 43.9 Å². The van der Waals surface area contributed by atoms with Crippen molar-refractivity contribution in [3.63, 3.8) is 0 Å². The Balaban J connectivity index is 1.51. The summed E-state index contributed by atoms with van der Waals surface area (Å²) in [6.07, 6.45) is 6.95. The fourth-order valence-electron chi connectivity index (χ4n) is 3.65.